The minimum atomic E-state index is -2.80. The lowest BCUT2D eigenvalue weighted by molar-refractivity contribution is 0.0137. The number of aromatic nitrogens is 2. The van der Waals surface area contributed by atoms with Crippen LogP contribution in [0.2, 0.25) is 5.02 Å². The number of anilines is 1. The standard InChI is InChI=1S/C30H28ClF4N5O2/c1-39-14-30(34,35)9-18(39)13-42-24-8-23(40-11-16-3-4-17(12-40)37-16)21-10-36-28(27(33)29(21)38-24)20-7-19(41)6-15-2-5-22(32)26(31)25(15)20/h2,5-8,10,16-18,37,41H,3-4,9,11-14H2,1H3/t16?,17?,18-/m0/s1. The molecule has 42 heavy (non-hydrogen) atoms. The molecule has 12 heteroatoms. The smallest absolute Gasteiger partial charge is 0.262 e. The summed E-state index contributed by atoms with van der Waals surface area (Å²) in [4.78, 5) is 12.6. The second-order valence-corrected chi connectivity index (χ2v) is 12.0. The fraction of sp³-hybridized carbons (Fsp3) is 0.400. The first kappa shape index (κ1) is 27.4. The van der Waals surface area contributed by atoms with Gasteiger partial charge in [-0.25, -0.2) is 22.5 Å². The molecule has 0 amide bonds. The predicted octanol–water partition coefficient (Wildman–Crippen LogP) is 5.75. The molecule has 4 aromatic rings. The number of piperazine rings is 1. The molecule has 3 aliphatic rings. The first-order valence-corrected chi connectivity index (χ1v) is 14.3. The van der Waals surface area contributed by atoms with Crippen LogP contribution in [0.25, 0.3) is 32.9 Å². The number of halogens is 5. The van der Waals surface area contributed by atoms with E-state index in [9.17, 15) is 18.3 Å². The van der Waals surface area contributed by atoms with Gasteiger partial charge in [-0.2, -0.15) is 0 Å². The maximum Gasteiger partial charge on any atom is 0.262 e. The highest BCUT2D eigenvalue weighted by Gasteiger charge is 2.43. The monoisotopic (exact) mass is 601 g/mol. The van der Waals surface area contributed by atoms with Crippen molar-refractivity contribution < 1.29 is 27.4 Å². The number of phenolic OH excluding ortho intramolecular Hbond substituents is 1. The van der Waals surface area contributed by atoms with Crippen LogP contribution in [0.15, 0.2) is 36.5 Å². The van der Waals surface area contributed by atoms with Gasteiger partial charge in [-0.05, 0) is 43.5 Å². The second-order valence-electron chi connectivity index (χ2n) is 11.6. The van der Waals surface area contributed by atoms with E-state index < -0.39 is 23.6 Å². The van der Waals surface area contributed by atoms with Crippen molar-refractivity contribution in [3.63, 3.8) is 0 Å². The van der Waals surface area contributed by atoms with Crippen molar-refractivity contribution in [2.24, 2.45) is 0 Å². The number of ether oxygens (including phenoxy) is 1. The zero-order valence-corrected chi connectivity index (χ0v) is 23.4. The van der Waals surface area contributed by atoms with Crippen LogP contribution < -0.4 is 15.0 Å². The number of rotatable bonds is 5. The lowest BCUT2D eigenvalue weighted by atomic mass is 9.99. The Morgan fingerprint density at radius 1 is 1.14 bits per heavy atom. The van der Waals surface area contributed by atoms with Crippen LogP contribution in [0, 0.1) is 11.6 Å². The molecule has 220 valence electrons. The normalized spacial score (nSPS) is 23.8. The van der Waals surface area contributed by atoms with E-state index in [-0.39, 0.29) is 58.4 Å². The van der Waals surface area contributed by atoms with Gasteiger partial charge >= 0.3 is 0 Å². The largest absolute Gasteiger partial charge is 0.508 e. The van der Waals surface area contributed by atoms with Gasteiger partial charge in [-0.3, -0.25) is 9.88 Å². The number of hydrogen-bond donors (Lipinski definition) is 2. The van der Waals surface area contributed by atoms with Gasteiger partial charge in [-0.15, -0.1) is 0 Å². The summed E-state index contributed by atoms with van der Waals surface area (Å²) in [5.74, 6) is -4.35. The summed E-state index contributed by atoms with van der Waals surface area (Å²) in [6.07, 6.45) is 3.25. The number of alkyl halides is 2. The van der Waals surface area contributed by atoms with Crippen molar-refractivity contribution >= 4 is 39.0 Å². The van der Waals surface area contributed by atoms with Gasteiger partial charge in [0.15, 0.2) is 5.82 Å². The summed E-state index contributed by atoms with van der Waals surface area (Å²) < 4.78 is 64.9. The predicted molar refractivity (Wildman–Crippen MR) is 153 cm³/mol. The summed E-state index contributed by atoms with van der Waals surface area (Å²) >= 11 is 6.31. The number of nitrogens with one attached hydrogen (secondary N) is 1. The maximum absolute atomic E-state index is 16.5. The van der Waals surface area contributed by atoms with Crippen molar-refractivity contribution in [3.8, 4) is 22.9 Å². The molecule has 0 spiro atoms. The summed E-state index contributed by atoms with van der Waals surface area (Å²) in [7, 11) is 1.62. The van der Waals surface area contributed by atoms with Crippen LogP contribution in [-0.2, 0) is 0 Å². The number of aromatic hydroxyl groups is 1. The van der Waals surface area contributed by atoms with Gasteiger partial charge in [0.1, 0.15) is 29.4 Å². The van der Waals surface area contributed by atoms with Gasteiger partial charge < -0.3 is 20.1 Å². The quantitative estimate of drug-likeness (QED) is 0.282. The molecule has 0 aliphatic carbocycles. The van der Waals surface area contributed by atoms with E-state index in [2.05, 4.69) is 20.2 Å². The molecule has 2 bridgehead atoms. The molecule has 7 nitrogen and oxygen atoms in total. The van der Waals surface area contributed by atoms with E-state index >= 15 is 4.39 Å². The molecule has 2 N–H and O–H groups in total. The Kier molecular flexibility index (Phi) is 6.59. The van der Waals surface area contributed by atoms with E-state index in [1.54, 1.807) is 18.0 Å². The Morgan fingerprint density at radius 2 is 1.90 bits per heavy atom. The Bertz CT molecular complexity index is 1710. The van der Waals surface area contributed by atoms with Crippen LogP contribution in [0.3, 0.4) is 0 Å². The van der Waals surface area contributed by atoms with E-state index in [0.717, 1.165) is 12.8 Å². The minimum absolute atomic E-state index is 0.0347. The van der Waals surface area contributed by atoms with Gasteiger partial charge in [0.05, 0.1) is 17.3 Å². The number of pyridine rings is 2. The summed E-state index contributed by atoms with van der Waals surface area (Å²) in [6, 6.07) is 7.10. The fourth-order valence-electron chi connectivity index (χ4n) is 6.62. The second kappa shape index (κ2) is 10.1. The van der Waals surface area contributed by atoms with Crippen molar-refractivity contribution in [2.45, 2.75) is 43.3 Å². The topological polar surface area (TPSA) is 73.8 Å². The molecule has 0 saturated carbocycles. The first-order chi connectivity index (χ1) is 20.1. The Balaban J connectivity index is 1.36. The molecule has 7 rings (SSSR count). The number of nitrogens with zero attached hydrogens (tertiary/aromatic N) is 4. The Morgan fingerprint density at radius 3 is 2.62 bits per heavy atom. The third-order valence-corrected chi connectivity index (χ3v) is 8.99. The molecule has 3 atom stereocenters. The molecule has 3 fully saturated rings. The molecular weight excluding hydrogens is 574 g/mol. The van der Waals surface area contributed by atoms with Gasteiger partial charge in [0, 0.05) is 66.2 Å². The van der Waals surface area contributed by atoms with Crippen LogP contribution in [-0.4, -0.2) is 77.3 Å². The SMILES string of the molecule is CN1CC(F)(F)C[C@H]1COc1cc(N2CC3CCC(C2)N3)c2cnc(-c3cc(O)cc4ccc(F)c(Cl)c34)c(F)c2n1. The number of phenols is 1. The van der Waals surface area contributed by atoms with Crippen LogP contribution >= 0.6 is 11.6 Å². The van der Waals surface area contributed by atoms with Crippen LogP contribution in [0.1, 0.15) is 19.3 Å². The molecule has 0 radical (unpaired) electrons. The average Bonchev–Trinajstić information content (AvgIpc) is 3.43. The highest BCUT2D eigenvalue weighted by molar-refractivity contribution is 6.37. The van der Waals surface area contributed by atoms with Crippen molar-refractivity contribution in [3.05, 3.63) is 53.2 Å². The Labute approximate surface area is 244 Å². The third-order valence-electron chi connectivity index (χ3n) is 8.62. The number of fused-ring (bicyclic) bond motifs is 4. The highest BCUT2D eigenvalue weighted by Crippen LogP contribution is 2.41. The average molecular weight is 602 g/mol. The molecule has 2 unspecified atom stereocenters. The van der Waals surface area contributed by atoms with E-state index in [0.29, 0.717) is 41.6 Å². The highest BCUT2D eigenvalue weighted by atomic mass is 35.5. The molecule has 3 saturated heterocycles. The number of likely N-dealkylation sites (tertiary alicyclic amines) is 1. The van der Waals surface area contributed by atoms with Gasteiger partial charge in [0.2, 0.25) is 5.88 Å². The van der Waals surface area contributed by atoms with Crippen molar-refractivity contribution in [1.82, 2.24) is 20.2 Å². The minimum Gasteiger partial charge on any atom is -0.508 e. The molecular formula is C30H28ClF4N5O2. The fourth-order valence-corrected chi connectivity index (χ4v) is 6.90. The zero-order valence-electron chi connectivity index (χ0n) is 22.7. The van der Waals surface area contributed by atoms with E-state index in [4.69, 9.17) is 16.3 Å². The zero-order chi connectivity index (χ0) is 29.3. The molecule has 3 aliphatic heterocycles. The van der Waals surface area contributed by atoms with Crippen molar-refractivity contribution in [1.29, 1.82) is 0 Å². The van der Waals surface area contributed by atoms with E-state index in [1.165, 1.54) is 30.5 Å². The summed E-state index contributed by atoms with van der Waals surface area (Å²) in [6.45, 7) is 0.998. The Hall–Kier alpha value is -3.41. The molecule has 2 aromatic carbocycles. The third kappa shape index (κ3) is 4.77. The first-order valence-electron chi connectivity index (χ1n) is 13.9. The van der Waals surface area contributed by atoms with Crippen LogP contribution in [0.4, 0.5) is 23.2 Å². The summed E-state index contributed by atoms with van der Waals surface area (Å²) in [5.41, 5.74) is 0.592. The van der Waals surface area contributed by atoms with E-state index in [1.807, 2.05) is 0 Å². The lowest BCUT2D eigenvalue weighted by Crippen LogP contribution is -2.51. The molecule has 5 heterocycles. The number of hydrogen-bond acceptors (Lipinski definition) is 7. The number of benzene rings is 2. The lowest BCUT2D eigenvalue weighted by Gasteiger charge is -2.35. The maximum atomic E-state index is 16.5. The molecule has 2 aromatic heterocycles. The summed E-state index contributed by atoms with van der Waals surface area (Å²) in [5, 5.41) is 14.8. The van der Waals surface area contributed by atoms with Crippen molar-refractivity contribution in [2.75, 3.05) is 38.2 Å². The van der Waals surface area contributed by atoms with Gasteiger partial charge in [0.25, 0.3) is 5.92 Å². The van der Waals surface area contributed by atoms with Gasteiger partial charge in [-0.1, -0.05) is 17.7 Å². The van der Waals surface area contributed by atoms with Crippen LogP contribution in [0.5, 0.6) is 11.6 Å². The number of likely N-dealkylation sites (N-methyl/N-ethyl adjacent to an activating group) is 1.